The second kappa shape index (κ2) is 6.99. The molecule has 21 heavy (non-hydrogen) atoms. The van der Waals surface area contributed by atoms with Crippen LogP contribution in [0.3, 0.4) is 0 Å². The monoisotopic (exact) mass is 384 g/mol. The Balaban J connectivity index is 2.35. The first-order valence-corrected chi connectivity index (χ1v) is 7.66. The Morgan fingerprint density at radius 3 is 2.57 bits per heavy atom. The number of aromatic nitrogens is 1. The van der Waals surface area contributed by atoms with Gasteiger partial charge in [-0.2, -0.15) is 5.26 Å². The van der Waals surface area contributed by atoms with Crippen molar-refractivity contribution in [1.29, 1.82) is 5.26 Å². The molecule has 1 aromatic carbocycles. The summed E-state index contributed by atoms with van der Waals surface area (Å²) < 4.78 is 0.749. The fourth-order valence-electron chi connectivity index (χ4n) is 1.66. The van der Waals surface area contributed by atoms with Gasteiger partial charge in [-0.15, -0.1) is 0 Å². The molecule has 0 spiro atoms. The van der Waals surface area contributed by atoms with Crippen molar-refractivity contribution in [3.05, 3.63) is 44.3 Å². The van der Waals surface area contributed by atoms with E-state index in [1.165, 1.54) is 0 Å². The lowest BCUT2D eigenvalue weighted by molar-refractivity contribution is 1.16. The minimum Gasteiger partial charge on any atom is -0.369 e. The van der Waals surface area contributed by atoms with E-state index in [-0.39, 0.29) is 0 Å². The summed E-state index contributed by atoms with van der Waals surface area (Å²) in [6.45, 7) is 2.66. The quantitative estimate of drug-likeness (QED) is 0.759. The molecule has 0 unspecified atom stereocenters. The maximum absolute atomic E-state index is 8.87. The van der Waals surface area contributed by atoms with Gasteiger partial charge in [0.1, 0.15) is 5.82 Å². The third-order valence-electron chi connectivity index (χ3n) is 2.62. The van der Waals surface area contributed by atoms with Crippen LogP contribution in [0, 0.1) is 11.3 Å². The van der Waals surface area contributed by atoms with E-state index in [9.17, 15) is 0 Å². The summed E-state index contributed by atoms with van der Waals surface area (Å²) in [7, 11) is 0. The first kappa shape index (κ1) is 15.9. The van der Waals surface area contributed by atoms with E-state index in [1.807, 2.05) is 6.92 Å². The molecule has 7 heteroatoms. The molecular weight excluding hydrogens is 375 g/mol. The molecule has 4 nitrogen and oxygen atoms in total. The Hall–Kier alpha value is -1.48. The minimum absolute atomic E-state index is 0.415. The molecule has 0 aliphatic carbocycles. The minimum atomic E-state index is 0.415. The van der Waals surface area contributed by atoms with Gasteiger partial charge in [-0.1, -0.05) is 23.2 Å². The zero-order valence-corrected chi connectivity index (χ0v) is 14.1. The molecule has 1 aromatic heterocycles. The van der Waals surface area contributed by atoms with Crippen LogP contribution in [-0.2, 0) is 0 Å². The number of pyridine rings is 1. The van der Waals surface area contributed by atoms with Gasteiger partial charge in [0.15, 0.2) is 5.82 Å². The average molecular weight is 386 g/mol. The molecule has 0 amide bonds. The van der Waals surface area contributed by atoms with Crippen LogP contribution in [0.1, 0.15) is 12.5 Å². The van der Waals surface area contributed by atoms with Crippen molar-refractivity contribution in [2.75, 3.05) is 17.2 Å². The van der Waals surface area contributed by atoms with Crippen LogP contribution in [0.2, 0.25) is 10.0 Å². The number of nitrogens with one attached hydrogen (secondary N) is 2. The normalized spacial score (nSPS) is 10.0. The Kier molecular flexibility index (Phi) is 5.29. The van der Waals surface area contributed by atoms with Gasteiger partial charge in [0, 0.05) is 11.0 Å². The summed E-state index contributed by atoms with van der Waals surface area (Å²) in [5.74, 6) is 1.05. The smallest absolute Gasteiger partial charge is 0.151 e. The number of hydrogen-bond acceptors (Lipinski definition) is 4. The van der Waals surface area contributed by atoms with Gasteiger partial charge in [-0.25, -0.2) is 4.98 Å². The molecule has 0 atom stereocenters. The van der Waals surface area contributed by atoms with Crippen LogP contribution < -0.4 is 10.6 Å². The number of benzene rings is 1. The summed E-state index contributed by atoms with van der Waals surface area (Å²) in [6.07, 6.45) is 0. The van der Waals surface area contributed by atoms with Gasteiger partial charge < -0.3 is 10.6 Å². The van der Waals surface area contributed by atoms with Crippen molar-refractivity contribution < 1.29 is 0 Å². The lowest BCUT2D eigenvalue weighted by Crippen LogP contribution is -2.03. The topological polar surface area (TPSA) is 60.7 Å². The summed E-state index contributed by atoms with van der Waals surface area (Å²) in [6, 6.07) is 8.92. The van der Waals surface area contributed by atoms with E-state index < -0.39 is 0 Å². The number of halogens is 3. The van der Waals surface area contributed by atoms with Crippen LogP contribution in [0.5, 0.6) is 0 Å². The fraction of sp³-hybridized carbons (Fsp3) is 0.143. The lowest BCUT2D eigenvalue weighted by Gasteiger charge is -2.12. The highest BCUT2D eigenvalue weighted by atomic mass is 79.9. The van der Waals surface area contributed by atoms with Crippen molar-refractivity contribution in [1.82, 2.24) is 4.98 Å². The number of nitriles is 1. The summed E-state index contributed by atoms with van der Waals surface area (Å²) in [5.41, 5.74) is 1.32. The van der Waals surface area contributed by atoms with Crippen LogP contribution in [0.25, 0.3) is 0 Å². The highest BCUT2D eigenvalue weighted by Crippen LogP contribution is 2.33. The molecule has 2 aromatic rings. The Morgan fingerprint density at radius 1 is 1.24 bits per heavy atom. The predicted molar refractivity (Wildman–Crippen MR) is 90.6 cm³/mol. The number of rotatable bonds is 4. The number of nitrogens with zero attached hydrogens (tertiary/aromatic N) is 2. The van der Waals surface area contributed by atoms with Crippen molar-refractivity contribution in [2.45, 2.75) is 6.92 Å². The Morgan fingerprint density at radius 2 is 1.95 bits per heavy atom. The second-order valence-corrected chi connectivity index (χ2v) is 5.78. The van der Waals surface area contributed by atoms with Gasteiger partial charge in [-0.05, 0) is 47.1 Å². The maximum Gasteiger partial charge on any atom is 0.151 e. The van der Waals surface area contributed by atoms with Gasteiger partial charge in [-0.3, -0.25) is 0 Å². The largest absolute Gasteiger partial charge is 0.369 e. The average Bonchev–Trinajstić information content (AvgIpc) is 2.46. The molecule has 0 saturated heterocycles. The van der Waals surface area contributed by atoms with Crippen LogP contribution in [0.4, 0.5) is 17.3 Å². The standard InChI is InChI=1S/C14H11BrCl2N4/c1-2-19-13-10(16)6-11(17)14(21-13)20-12-4-3-8(7-18)5-9(12)15/h3-6H,2H2,1H3,(H2,19,20,21). The molecule has 2 rings (SSSR count). The van der Waals surface area contributed by atoms with Crippen molar-refractivity contribution in [3.63, 3.8) is 0 Å². The fourth-order valence-corrected chi connectivity index (χ4v) is 2.61. The maximum atomic E-state index is 8.87. The summed E-state index contributed by atoms with van der Waals surface area (Å²) in [5, 5.41) is 15.9. The van der Waals surface area contributed by atoms with E-state index >= 15 is 0 Å². The van der Waals surface area contributed by atoms with Crippen molar-refractivity contribution in [3.8, 4) is 6.07 Å². The van der Waals surface area contributed by atoms with Crippen LogP contribution in [0.15, 0.2) is 28.7 Å². The van der Waals surface area contributed by atoms with Crippen LogP contribution >= 0.6 is 39.1 Å². The van der Waals surface area contributed by atoms with E-state index in [2.05, 4.69) is 37.6 Å². The predicted octanol–water partition coefficient (Wildman–Crippen LogP) is 5.20. The molecule has 0 aliphatic rings. The van der Waals surface area contributed by atoms with Crippen LogP contribution in [-0.4, -0.2) is 11.5 Å². The van der Waals surface area contributed by atoms with E-state index in [0.29, 0.717) is 33.8 Å². The summed E-state index contributed by atoms with van der Waals surface area (Å²) in [4.78, 5) is 4.37. The third kappa shape index (κ3) is 3.79. The molecule has 0 aliphatic heterocycles. The first-order valence-electron chi connectivity index (χ1n) is 6.11. The third-order valence-corrected chi connectivity index (χ3v) is 3.86. The zero-order valence-electron chi connectivity index (χ0n) is 11.0. The van der Waals surface area contributed by atoms with Gasteiger partial charge in [0.2, 0.25) is 0 Å². The molecule has 0 radical (unpaired) electrons. The first-order chi connectivity index (χ1) is 10.0. The number of anilines is 3. The van der Waals surface area contributed by atoms with E-state index in [1.54, 1.807) is 24.3 Å². The summed E-state index contributed by atoms with van der Waals surface area (Å²) >= 11 is 15.6. The highest BCUT2D eigenvalue weighted by molar-refractivity contribution is 9.10. The van der Waals surface area contributed by atoms with E-state index in [0.717, 1.165) is 10.2 Å². The Bertz CT molecular complexity index is 713. The molecule has 0 saturated carbocycles. The van der Waals surface area contributed by atoms with Crippen molar-refractivity contribution in [2.24, 2.45) is 0 Å². The molecule has 108 valence electrons. The Labute approximate surface area is 141 Å². The van der Waals surface area contributed by atoms with E-state index in [4.69, 9.17) is 28.5 Å². The molecule has 0 bridgehead atoms. The molecule has 1 heterocycles. The second-order valence-electron chi connectivity index (χ2n) is 4.11. The van der Waals surface area contributed by atoms with Crippen molar-refractivity contribution >= 4 is 56.5 Å². The van der Waals surface area contributed by atoms with Gasteiger partial charge >= 0.3 is 0 Å². The van der Waals surface area contributed by atoms with Gasteiger partial charge in [0.05, 0.1) is 27.4 Å². The number of hydrogen-bond donors (Lipinski definition) is 2. The SMILES string of the molecule is CCNc1nc(Nc2ccc(C#N)cc2Br)c(Cl)cc1Cl. The lowest BCUT2D eigenvalue weighted by atomic mass is 10.2. The molecular formula is C14H11BrCl2N4. The zero-order chi connectivity index (χ0) is 15.4. The van der Waals surface area contributed by atoms with Gasteiger partial charge in [0.25, 0.3) is 0 Å². The molecule has 0 fully saturated rings. The molecule has 2 N–H and O–H groups in total. The highest BCUT2D eigenvalue weighted by Gasteiger charge is 2.10.